The number of fused-ring (bicyclic) bond motifs is 1. The van der Waals surface area contributed by atoms with E-state index in [1.54, 1.807) is 11.3 Å². The van der Waals surface area contributed by atoms with Gasteiger partial charge in [0.15, 0.2) is 0 Å². The summed E-state index contributed by atoms with van der Waals surface area (Å²) in [5.41, 5.74) is 1.33. The van der Waals surface area contributed by atoms with Crippen molar-refractivity contribution in [3.8, 4) is 0 Å². The Labute approximate surface area is 99.1 Å². The highest BCUT2D eigenvalue weighted by molar-refractivity contribution is 7.17. The van der Waals surface area contributed by atoms with Crippen molar-refractivity contribution in [1.29, 1.82) is 0 Å². The van der Waals surface area contributed by atoms with Crippen LogP contribution in [0.5, 0.6) is 0 Å². The standard InChI is InChI=1S/C14H14OS/c15-13(10-4-5-10)7-6-11-2-1-3-12-8-9-16-14(11)12/h1-3,8-10H,4-7H2. The van der Waals surface area contributed by atoms with Crippen molar-refractivity contribution >= 4 is 27.2 Å². The van der Waals surface area contributed by atoms with Gasteiger partial charge in [0.25, 0.3) is 0 Å². The van der Waals surface area contributed by atoms with Crippen molar-refractivity contribution in [2.24, 2.45) is 5.92 Å². The first-order valence-corrected chi connectivity index (χ1v) is 6.70. The zero-order chi connectivity index (χ0) is 11.0. The average molecular weight is 230 g/mol. The van der Waals surface area contributed by atoms with Crippen LogP contribution >= 0.6 is 11.3 Å². The van der Waals surface area contributed by atoms with E-state index in [4.69, 9.17) is 0 Å². The molecule has 1 saturated carbocycles. The van der Waals surface area contributed by atoms with Gasteiger partial charge in [-0.15, -0.1) is 11.3 Å². The van der Waals surface area contributed by atoms with Gasteiger partial charge in [-0.1, -0.05) is 18.2 Å². The van der Waals surface area contributed by atoms with Gasteiger partial charge >= 0.3 is 0 Å². The number of hydrogen-bond donors (Lipinski definition) is 0. The van der Waals surface area contributed by atoms with Gasteiger partial charge in [-0.05, 0) is 41.7 Å². The zero-order valence-corrected chi connectivity index (χ0v) is 9.93. The number of aryl methyl sites for hydroxylation is 1. The lowest BCUT2D eigenvalue weighted by Crippen LogP contribution is -2.01. The summed E-state index contributed by atoms with van der Waals surface area (Å²) in [5, 5.41) is 3.43. The molecule has 2 heteroatoms. The monoisotopic (exact) mass is 230 g/mol. The topological polar surface area (TPSA) is 17.1 Å². The summed E-state index contributed by atoms with van der Waals surface area (Å²) in [4.78, 5) is 11.7. The number of hydrogen-bond acceptors (Lipinski definition) is 2. The Balaban J connectivity index is 1.77. The number of thiophene rings is 1. The minimum absolute atomic E-state index is 0.405. The van der Waals surface area contributed by atoms with Crippen molar-refractivity contribution in [2.45, 2.75) is 25.7 Å². The van der Waals surface area contributed by atoms with Crippen molar-refractivity contribution in [3.05, 3.63) is 35.2 Å². The molecule has 3 rings (SSSR count). The van der Waals surface area contributed by atoms with E-state index in [0.29, 0.717) is 11.7 Å². The van der Waals surface area contributed by atoms with Crippen LogP contribution in [-0.4, -0.2) is 5.78 Å². The van der Waals surface area contributed by atoms with E-state index in [9.17, 15) is 4.79 Å². The quantitative estimate of drug-likeness (QED) is 0.780. The summed E-state index contributed by atoms with van der Waals surface area (Å²) in [6.45, 7) is 0. The van der Waals surface area contributed by atoms with Gasteiger partial charge in [0, 0.05) is 17.0 Å². The van der Waals surface area contributed by atoms with E-state index >= 15 is 0 Å². The first-order valence-electron chi connectivity index (χ1n) is 5.82. The number of carbonyl (C=O) groups excluding carboxylic acids is 1. The Hall–Kier alpha value is -1.15. The molecule has 0 radical (unpaired) electrons. The van der Waals surface area contributed by atoms with Crippen molar-refractivity contribution in [1.82, 2.24) is 0 Å². The normalized spacial score (nSPS) is 15.5. The van der Waals surface area contributed by atoms with Crippen LogP contribution in [-0.2, 0) is 11.2 Å². The van der Waals surface area contributed by atoms with E-state index < -0.39 is 0 Å². The summed E-state index contributed by atoms with van der Waals surface area (Å²) in [7, 11) is 0. The van der Waals surface area contributed by atoms with Crippen LogP contribution < -0.4 is 0 Å². The maximum Gasteiger partial charge on any atom is 0.136 e. The van der Waals surface area contributed by atoms with Crippen molar-refractivity contribution in [3.63, 3.8) is 0 Å². The lowest BCUT2D eigenvalue weighted by molar-refractivity contribution is -0.120. The molecule has 0 atom stereocenters. The van der Waals surface area contributed by atoms with Crippen LogP contribution in [0, 0.1) is 5.92 Å². The molecule has 1 aliphatic rings. The number of benzene rings is 1. The molecule has 2 aromatic rings. The van der Waals surface area contributed by atoms with Gasteiger partial charge in [0.2, 0.25) is 0 Å². The Morgan fingerprint density at radius 2 is 2.19 bits per heavy atom. The van der Waals surface area contributed by atoms with Crippen LogP contribution in [0.25, 0.3) is 10.1 Å². The molecule has 0 amide bonds. The highest BCUT2D eigenvalue weighted by Gasteiger charge is 2.28. The van der Waals surface area contributed by atoms with Gasteiger partial charge in [0.05, 0.1) is 0 Å². The Morgan fingerprint density at radius 1 is 1.31 bits per heavy atom. The first kappa shape index (κ1) is 10.0. The molecule has 0 unspecified atom stereocenters. The molecule has 82 valence electrons. The van der Waals surface area contributed by atoms with Gasteiger partial charge in [0.1, 0.15) is 5.78 Å². The number of ketones is 1. The smallest absolute Gasteiger partial charge is 0.136 e. The molecule has 16 heavy (non-hydrogen) atoms. The largest absolute Gasteiger partial charge is 0.299 e. The van der Waals surface area contributed by atoms with E-state index in [1.165, 1.54) is 15.6 Å². The van der Waals surface area contributed by atoms with E-state index in [0.717, 1.165) is 25.7 Å². The summed E-state index contributed by atoms with van der Waals surface area (Å²) in [6, 6.07) is 8.52. The Bertz CT molecular complexity index is 522. The van der Waals surface area contributed by atoms with Gasteiger partial charge < -0.3 is 0 Å². The lowest BCUT2D eigenvalue weighted by Gasteiger charge is -2.02. The molecule has 0 aliphatic heterocycles. The van der Waals surface area contributed by atoms with Crippen LogP contribution in [0.1, 0.15) is 24.8 Å². The highest BCUT2D eigenvalue weighted by Crippen LogP contribution is 2.32. The third kappa shape index (κ3) is 1.90. The molecule has 1 fully saturated rings. The maximum atomic E-state index is 11.7. The summed E-state index contributed by atoms with van der Waals surface area (Å²) in [5.74, 6) is 0.871. The van der Waals surface area contributed by atoms with Crippen LogP contribution in [0.2, 0.25) is 0 Å². The van der Waals surface area contributed by atoms with Gasteiger partial charge in [-0.2, -0.15) is 0 Å². The molecule has 1 aromatic carbocycles. The molecule has 1 heterocycles. The Morgan fingerprint density at radius 3 is 3.00 bits per heavy atom. The average Bonchev–Trinajstić information content (AvgIpc) is 3.04. The third-order valence-corrected chi connectivity index (χ3v) is 4.24. The van der Waals surface area contributed by atoms with E-state index in [2.05, 4.69) is 29.6 Å². The molecule has 1 aliphatic carbocycles. The number of carbonyl (C=O) groups is 1. The molecule has 0 bridgehead atoms. The van der Waals surface area contributed by atoms with Crippen LogP contribution in [0.3, 0.4) is 0 Å². The predicted octanol–water partition coefficient (Wildman–Crippen LogP) is 3.81. The minimum Gasteiger partial charge on any atom is -0.299 e. The molecular weight excluding hydrogens is 216 g/mol. The third-order valence-electron chi connectivity index (χ3n) is 3.23. The second-order valence-electron chi connectivity index (χ2n) is 4.50. The van der Waals surface area contributed by atoms with Crippen LogP contribution in [0.15, 0.2) is 29.6 Å². The lowest BCUT2D eigenvalue weighted by atomic mass is 10.0. The fourth-order valence-electron chi connectivity index (χ4n) is 2.12. The molecule has 0 spiro atoms. The number of Topliss-reactive ketones (excluding diaryl/α,β-unsaturated/α-hetero) is 1. The zero-order valence-electron chi connectivity index (χ0n) is 9.11. The van der Waals surface area contributed by atoms with Crippen molar-refractivity contribution < 1.29 is 4.79 Å². The Kier molecular flexibility index (Phi) is 2.52. The van der Waals surface area contributed by atoms with Crippen LogP contribution in [0.4, 0.5) is 0 Å². The molecule has 1 nitrogen and oxygen atoms in total. The summed E-state index contributed by atoms with van der Waals surface area (Å²) >= 11 is 1.78. The predicted molar refractivity (Wildman–Crippen MR) is 67.9 cm³/mol. The summed E-state index contributed by atoms with van der Waals surface area (Å²) < 4.78 is 1.35. The van der Waals surface area contributed by atoms with Gasteiger partial charge in [-0.3, -0.25) is 4.79 Å². The number of rotatable bonds is 4. The van der Waals surface area contributed by atoms with Gasteiger partial charge in [-0.25, -0.2) is 0 Å². The summed E-state index contributed by atoms with van der Waals surface area (Å²) in [6.07, 6.45) is 3.89. The molecule has 0 N–H and O–H groups in total. The second kappa shape index (κ2) is 4.02. The van der Waals surface area contributed by atoms with E-state index in [1.807, 2.05) is 0 Å². The molecule has 1 aromatic heterocycles. The highest BCUT2D eigenvalue weighted by atomic mass is 32.1. The fourth-order valence-corrected chi connectivity index (χ4v) is 3.06. The maximum absolute atomic E-state index is 11.7. The molecule has 0 saturated heterocycles. The molecular formula is C14H14OS. The van der Waals surface area contributed by atoms with Crippen molar-refractivity contribution in [2.75, 3.05) is 0 Å². The second-order valence-corrected chi connectivity index (χ2v) is 5.41. The fraction of sp³-hybridized carbons (Fsp3) is 0.357. The first-order chi connectivity index (χ1) is 7.84. The SMILES string of the molecule is O=C(CCc1cccc2ccsc12)C1CC1. The van der Waals surface area contributed by atoms with E-state index in [-0.39, 0.29) is 0 Å². The minimum atomic E-state index is 0.405.